The highest BCUT2D eigenvalue weighted by molar-refractivity contribution is 5.97. The number of methoxy groups -OCH3 is 2. The van der Waals surface area contributed by atoms with Gasteiger partial charge in [-0.15, -0.1) is 0 Å². The predicted octanol–water partition coefficient (Wildman–Crippen LogP) is 1.69. The third-order valence-corrected chi connectivity index (χ3v) is 3.00. The van der Waals surface area contributed by atoms with Gasteiger partial charge in [-0.25, -0.2) is 4.79 Å². The average Bonchev–Trinajstić information content (AvgIpc) is 2.47. The van der Waals surface area contributed by atoms with Crippen LogP contribution in [0.25, 0.3) is 0 Å². The Balaban J connectivity index is 2.95. The molecular weight excluding hydrogens is 274 g/mol. The van der Waals surface area contributed by atoms with Gasteiger partial charge in [-0.05, 0) is 32.9 Å². The molecule has 0 aliphatic carbocycles. The molecule has 0 aliphatic heterocycles. The summed E-state index contributed by atoms with van der Waals surface area (Å²) < 4.78 is 15.3. The number of benzene rings is 1. The van der Waals surface area contributed by atoms with Gasteiger partial charge in [0.2, 0.25) is 0 Å². The third kappa shape index (κ3) is 4.11. The van der Waals surface area contributed by atoms with Crippen molar-refractivity contribution in [1.29, 1.82) is 0 Å². The van der Waals surface area contributed by atoms with E-state index in [2.05, 4.69) is 5.32 Å². The quantitative estimate of drug-likeness (QED) is 0.808. The Morgan fingerprint density at radius 1 is 1.19 bits per heavy atom. The normalized spacial score (nSPS) is 11.5. The lowest BCUT2D eigenvalue weighted by Crippen LogP contribution is -2.39. The first-order chi connectivity index (χ1) is 9.94. The monoisotopic (exact) mass is 295 g/mol. The van der Waals surface area contributed by atoms with E-state index in [0.717, 1.165) is 5.56 Å². The second kappa shape index (κ2) is 7.52. The number of amides is 1. The van der Waals surface area contributed by atoms with Gasteiger partial charge in [-0.3, -0.25) is 4.79 Å². The van der Waals surface area contributed by atoms with Crippen LogP contribution in [-0.4, -0.2) is 38.7 Å². The number of rotatable bonds is 6. The first kappa shape index (κ1) is 16.8. The van der Waals surface area contributed by atoms with Crippen LogP contribution >= 0.6 is 0 Å². The Hall–Kier alpha value is -2.24. The Bertz CT molecular complexity index is 502. The van der Waals surface area contributed by atoms with Gasteiger partial charge in [0.05, 0.1) is 20.8 Å². The van der Waals surface area contributed by atoms with Crippen LogP contribution in [0, 0.1) is 6.92 Å². The SMILES string of the molecule is CCOC(=O)C(C)NC(=O)c1cc(OC)c(C)c(OC)c1. The van der Waals surface area contributed by atoms with Crippen molar-refractivity contribution in [2.45, 2.75) is 26.8 Å². The molecule has 1 amide bonds. The van der Waals surface area contributed by atoms with E-state index in [0.29, 0.717) is 17.1 Å². The van der Waals surface area contributed by atoms with E-state index in [1.165, 1.54) is 14.2 Å². The van der Waals surface area contributed by atoms with Crippen molar-refractivity contribution in [3.05, 3.63) is 23.3 Å². The zero-order chi connectivity index (χ0) is 16.0. The van der Waals surface area contributed by atoms with Crippen LogP contribution in [0.2, 0.25) is 0 Å². The molecule has 0 heterocycles. The number of ether oxygens (including phenoxy) is 3. The lowest BCUT2D eigenvalue weighted by Gasteiger charge is -2.15. The van der Waals surface area contributed by atoms with E-state index in [9.17, 15) is 9.59 Å². The summed E-state index contributed by atoms with van der Waals surface area (Å²) in [6, 6.07) is 2.48. The van der Waals surface area contributed by atoms with Crippen LogP contribution in [0.4, 0.5) is 0 Å². The molecule has 0 bridgehead atoms. The van der Waals surface area contributed by atoms with Crippen molar-refractivity contribution in [2.24, 2.45) is 0 Å². The molecule has 0 spiro atoms. The molecule has 1 unspecified atom stereocenters. The number of hydrogen-bond donors (Lipinski definition) is 1. The van der Waals surface area contributed by atoms with E-state index in [1.807, 2.05) is 6.92 Å². The van der Waals surface area contributed by atoms with Crippen molar-refractivity contribution in [1.82, 2.24) is 5.32 Å². The van der Waals surface area contributed by atoms with Crippen LogP contribution in [0.3, 0.4) is 0 Å². The third-order valence-electron chi connectivity index (χ3n) is 3.00. The summed E-state index contributed by atoms with van der Waals surface area (Å²) >= 11 is 0. The molecule has 0 saturated carbocycles. The molecular formula is C15H21NO5. The Morgan fingerprint density at radius 3 is 2.14 bits per heavy atom. The molecule has 0 radical (unpaired) electrons. The fraction of sp³-hybridized carbons (Fsp3) is 0.467. The topological polar surface area (TPSA) is 73.9 Å². The largest absolute Gasteiger partial charge is 0.496 e. The van der Waals surface area contributed by atoms with Crippen LogP contribution < -0.4 is 14.8 Å². The van der Waals surface area contributed by atoms with Gasteiger partial charge in [0.25, 0.3) is 5.91 Å². The van der Waals surface area contributed by atoms with Gasteiger partial charge in [0.15, 0.2) is 0 Å². The highest BCUT2D eigenvalue weighted by atomic mass is 16.5. The molecule has 0 aliphatic rings. The van der Waals surface area contributed by atoms with E-state index >= 15 is 0 Å². The molecule has 1 atom stereocenters. The minimum atomic E-state index is -0.726. The van der Waals surface area contributed by atoms with Crippen LogP contribution in [-0.2, 0) is 9.53 Å². The van der Waals surface area contributed by atoms with Gasteiger partial charge in [-0.2, -0.15) is 0 Å². The highest BCUT2D eigenvalue weighted by Gasteiger charge is 2.19. The van der Waals surface area contributed by atoms with E-state index in [-0.39, 0.29) is 6.61 Å². The molecule has 1 aromatic carbocycles. The van der Waals surface area contributed by atoms with Crippen LogP contribution in [0.1, 0.15) is 29.8 Å². The molecule has 1 N–H and O–H groups in total. The summed E-state index contributed by atoms with van der Waals surface area (Å²) in [4.78, 5) is 23.7. The lowest BCUT2D eigenvalue weighted by molar-refractivity contribution is -0.144. The first-order valence-electron chi connectivity index (χ1n) is 6.64. The molecule has 0 aromatic heterocycles. The lowest BCUT2D eigenvalue weighted by atomic mass is 10.1. The maximum atomic E-state index is 12.2. The highest BCUT2D eigenvalue weighted by Crippen LogP contribution is 2.29. The molecule has 1 aromatic rings. The smallest absolute Gasteiger partial charge is 0.328 e. The van der Waals surface area contributed by atoms with Gasteiger partial charge in [0.1, 0.15) is 17.5 Å². The van der Waals surface area contributed by atoms with Crippen molar-refractivity contribution >= 4 is 11.9 Å². The molecule has 116 valence electrons. The van der Waals surface area contributed by atoms with Gasteiger partial charge in [0, 0.05) is 11.1 Å². The molecule has 1 rings (SSSR count). The zero-order valence-electron chi connectivity index (χ0n) is 13.0. The Morgan fingerprint density at radius 2 is 1.71 bits per heavy atom. The molecule has 0 fully saturated rings. The summed E-state index contributed by atoms with van der Waals surface area (Å²) in [5, 5.41) is 2.58. The zero-order valence-corrected chi connectivity index (χ0v) is 13.0. The van der Waals surface area contributed by atoms with Crippen molar-refractivity contribution in [2.75, 3.05) is 20.8 Å². The molecule has 21 heavy (non-hydrogen) atoms. The van der Waals surface area contributed by atoms with Crippen molar-refractivity contribution in [3.63, 3.8) is 0 Å². The molecule has 6 heteroatoms. The molecule has 6 nitrogen and oxygen atoms in total. The Labute approximate surface area is 124 Å². The minimum absolute atomic E-state index is 0.269. The summed E-state index contributed by atoms with van der Waals surface area (Å²) in [5.74, 6) is 0.218. The van der Waals surface area contributed by atoms with E-state index < -0.39 is 17.9 Å². The fourth-order valence-corrected chi connectivity index (χ4v) is 1.82. The summed E-state index contributed by atoms with van der Waals surface area (Å²) in [6.07, 6.45) is 0. The summed E-state index contributed by atoms with van der Waals surface area (Å²) in [7, 11) is 3.04. The number of carbonyl (C=O) groups is 2. The maximum absolute atomic E-state index is 12.2. The number of hydrogen-bond acceptors (Lipinski definition) is 5. The summed E-state index contributed by atoms with van der Waals surface area (Å²) in [6.45, 7) is 5.38. The van der Waals surface area contributed by atoms with Crippen LogP contribution in [0.5, 0.6) is 11.5 Å². The number of esters is 1. The maximum Gasteiger partial charge on any atom is 0.328 e. The van der Waals surface area contributed by atoms with E-state index in [4.69, 9.17) is 14.2 Å². The van der Waals surface area contributed by atoms with Gasteiger partial charge >= 0.3 is 5.97 Å². The van der Waals surface area contributed by atoms with Crippen molar-refractivity contribution < 1.29 is 23.8 Å². The second-order valence-electron chi connectivity index (χ2n) is 4.45. The summed E-state index contributed by atoms with van der Waals surface area (Å²) in [5.41, 5.74) is 1.15. The van der Waals surface area contributed by atoms with Crippen LogP contribution in [0.15, 0.2) is 12.1 Å². The second-order valence-corrected chi connectivity index (χ2v) is 4.45. The fourth-order valence-electron chi connectivity index (χ4n) is 1.82. The van der Waals surface area contributed by atoms with Gasteiger partial charge in [-0.1, -0.05) is 0 Å². The molecule has 0 saturated heterocycles. The Kier molecular flexibility index (Phi) is 6.02. The standard InChI is InChI=1S/C15H21NO5/c1-6-21-15(18)10(3)16-14(17)11-7-12(19-4)9(2)13(8-11)20-5/h7-8,10H,6H2,1-5H3,(H,16,17). The average molecular weight is 295 g/mol. The minimum Gasteiger partial charge on any atom is -0.496 e. The number of nitrogens with one attached hydrogen (secondary N) is 1. The number of carbonyl (C=O) groups excluding carboxylic acids is 2. The predicted molar refractivity (Wildman–Crippen MR) is 77.8 cm³/mol. The van der Waals surface area contributed by atoms with Gasteiger partial charge < -0.3 is 19.5 Å². The van der Waals surface area contributed by atoms with E-state index in [1.54, 1.807) is 26.0 Å². The van der Waals surface area contributed by atoms with Crippen molar-refractivity contribution in [3.8, 4) is 11.5 Å². The first-order valence-corrected chi connectivity index (χ1v) is 6.64.